The van der Waals surface area contributed by atoms with Crippen LogP contribution in [0.15, 0.2) is 18.3 Å². The van der Waals surface area contributed by atoms with Gasteiger partial charge in [-0.15, -0.1) is 0 Å². The van der Waals surface area contributed by atoms with E-state index < -0.39 is 35.6 Å². The van der Waals surface area contributed by atoms with Crippen LogP contribution in [0, 0.1) is 5.92 Å². The summed E-state index contributed by atoms with van der Waals surface area (Å²) in [5, 5.41) is 29.7. The molecule has 1 aromatic heterocycles. The van der Waals surface area contributed by atoms with Crippen molar-refractivity contribution >= 4 is 18.0 Å². The third-order valence-electron chi connectivity index (χ3n) is 3.48. The van der Waals surface area contributed by atoms with Gasteiger partial charge in [-0.05, 0) is 39.2 Å². The SMILES string of the molecule is CC(C)(C)OC(=O)N[C@@H](C[C@H](Cc1ccc(OCCO)nc1)C(=O)O)C(=O)O. The molecule has 0 unspecified atom stereocenters. The maximum atomic E-state index is 11.8. The van der Waals surface area contributed by atoms with Crippen molar-refractivity contribution in [2.75, 3.05) is 13.2 Å². The quantitative estimate of drug-likeness (QED) is 0.453. The number of aromatic nitrogens is 1. The molecular weight excluding hydrogens is 372 g/mol. The highest BCUT2D eigenvalue weighted by Gasteiger charge is 2.30. The molecule has 10 nitrogen and oxygen atoms in total. The monoisotopic (exact) mass is 398 g/mol. The van der Waals surface area contributed by atoms with Crippen LogP contribution in [-0.2, 0) is 20.7 Å². The molecule has 1 heterocycles. The molecule has 0 radical (unpaired) electrons. The Morgan fingerprint density at radius 2 is 1.86 bits per heavy atom. The maximum Gasteiger partial charge on any atom is 0.408 e. The molecule has 1 amide bonds. The summed E-state index contributed by atoms with van der Waals surface area (Å²) >= 11 is 0. The highest BCUT2D eigenvalue weighted by molar-refractivity contribution is 5.81. The number of hydrogen-bond acceptors (Lipinski definition) is 7. The van der Waals surface area contributed by atoms with Crippen molar-refractivity contribution in [3.05, 3.63) is 23.9 Å². The number of carboxylic acid groups (broad SMARTS) is 2. The van der Waals surface area contributed by atoms with Gasteiger partial charge in [0.2, 0.25) is 5.88 Å². The Kier molecular flexibility index (Phi) is 8.65. The predicted molar refractivity (Wildman–Crippen MR) is 97.1 cm³/mol. The highest BCUT2D eigenvalue weighted by atomic mass is 16.6. The highest BCUT2D eigenvalue weighted by Crippen LogP contribution is 2.17. The number of rotatable bonds is 10. The van der Waals surface area contributed by atoms with Crippen LogP contribution >= 0.6 is 0 Å². The number of aliphatic carboxylic acids is 2. The number of nitrogens with one attached hydrogen (secondary N) is 1. The van der Waals surface area contributed by atoms with Gasteiger partial charge in [-0.2, -0.15) is 0 Å². The van der Waals surface area contributed by atoms with Gasteiger partial charge in [-0.3, -0.25) is 4.79 Å². The minimum Gasteiger partial charge on any atom is -0.481 e. The van der Waals surface area contributed by atoms with Crippen LogP contribution in [-0.4, -0.2) is 63.2 Å². The molecule has 10 heteroatoms. The number of pyridine rings is 1. The molecule has 0 saturated carbocycles. The molecule has 0 aromatic carbocycles. The summed E-state index contributed by atoms with van der Waals surface area (Å²) in [5.74, 6) is -3.34. The number of ether oxygens (including phenoxy) is 2. The van der Waals surface area contributed by atoms with Crippen molar-refractivity contribution in [3.63, 3.8) is 0 Å². The first-order valence-electron chi connectivity index (χ1n) is 8.65. The first-order chi connectivity index (χ1) is 13.0. The zero-order valence-electron chi connectivity index (χ0n) is 16.0. The molecule has 0 aliphatic rings. The third-order valence-corrected chi connectivity index (χ3v) is 3.48. The lowest BCUT2D eigenvalue weighted by Crippen LogP contribution is -2.45. The van der Waals surface area contributed by atoms with Crippen LogP contribution in [0.3, 0.4) is 0 Å². The topological polar surface area (TPSA) is 155 Å². The van der Waals surface area contributed by atoms with Gasteiger partial charge >= 0.3 is 18.0 Å². The summed E-state index contributed by atoms with van der Waals surface area (Å²) in [6.07, 6.45) is 0.172. The number of nitrogens with zero attached hydrogens (tertiary/aromatic N) is 1. The second-order valence-corrected chi connectivity index (χ2v) is 7.09. The van der Waals surface area contributed by atoms with E-state index in [0.29, 0.717) is 5.56 Å². The first kappa shape index (κ1) is 23.2. The molecule has 1 rings (SSSR count). The van der Waals surface area contributed by atoms with Gasteiger partial charge in [0.15, 0.2) is 0 Å². The summed E-state index contributed by atoms with van der Waals surface area (Å²) < 4.78 is 10.1. The van der Waals surface area contributed by atoms with E-state index in [2.05, 4.69) is 10.3 Å². The standard InChI is InChI=1S/C18H26N2O8/c1-18(2,3)28-17(26)20-13(16(24)25)9-12(15(22)23)8-11-4-5-14(19-10-11)27-7-6-21/h4-5,10,12-13,21H,6-9H2,1-3H3,(H,20,26)(H,22,23)(H,24,25)/t12-,13-/m0/s1. The zero-order chi connectivity index (χ0) is 21.3. The summed E-state index contributed by atoms with van der Waals surface area (Å²) in [4.78, 5) is 38.8. The smallest absolute Gasteiger partial charge is 0.408 e. The minimum atomic E-state index is -1.42. The molecule has 0 saturated heterocycles. The second-order valence-electron chi connectivity index (χ2n) is 7.09. The van der Waals surface area contributed by atoms with E-state index in [1.165, 1.54) is 12.3 Å². The lowest BCUT2D eigenvalue weighted by atomic mass is 9.93. The number of carbonyl (C=O) groups excluding carboxylic acids is 1. The van der Waals surface area contributed by atoms with E-state index in [4.69, 9.17) is 14.6 Å². The van der Waals surface area contributed by atoms with E-state index in [0.717, 1.165) is 0 Å². The molecule has 0 bridgehead atoms. The van der Waals surface area contributed by atoms with E-state index in [1.54, 1.807) is 26.8 Å². The Hall–Kier alpha value is -2.88. The maximum absolute atomic E-state index is 11.8. The molecule has 28 heavy (non-hydrogen) atoms. The van der Waals surface area contributed by atoms with Crippen LogP contribution < -0.4 is 10.1 Å². The van der Waals surface area contributed by atoms with Gasteiger partial charge in [-0.25, -0.2) is 14.6 Å². The number of carbonyl (C=O) groups is 3. The Balaban J connectivity index is 2.78. The molecular formula is C18H26N2O8. The Morgan fingerprint density at radius 3 is 2.32 bits per heavy atom. The molecule has 0 aliphatic carbocycles. The second kappa shape index (κ2) is 10.5. The minimum absolute atomic E-state index is 0.0163. The lowest BCUT2D eigenvalue weighted by molar-refractivity contribution is -0.144. The largest absolute Gasteiger partial charge is 0.481 e. The number of aliphatic hydroxyl groups is 1. The fourth-order valence-electron chi connectivity index (χ4n) is 2.28. The number of aliphatic hydroxyl groups excluding tert-OH is 1. The molecule has 1 aromatic rings. The van der Waals surface area contributed by atoms with Crippen LogP contribution in [0.1, 0.15) is 32.8 Å². The summed E-state index contributed by atoms with van der Waals surface area (Å²) in [5.41, 5.74) is -0.254. The molecule has 156 valence electrons. The molecule has 0 fully saturated rings. The van der Waals surface area contributed by atoms with Crippen molar-refractivity contribution < 1.29 is 39.2 Å². The van der Waals surface area contributed by atoms with Gasteiger partial charge in [0.05, 0.1) is 12.5 Å². The van der Waals surface area contributed by atoms with E-state index >= 15 is 0 Å². The van der Waals surface area contributed by atoms with Crippen LogP contribution in [0.5, 0.6) is 5.88 Å². The lowest BCUT2D eigenvalue weighted by Gasteiger charge is -2.23. The average molecular weight is 398 g/mol. The fourth-order valence-corrected chi connectivity index (χ4v) is 2.28. The summed E-state index contributed by atoms with van der Waals surface area (Å²) in [6.45, 7) is 4.81. The van der Waals surface area contributed by atoms with E-state index in [1.807, 2.05) is 0 Å². The molecule has 4 N–H and O–H groups in total. The van der Waals surface area contributed by atoms with E-state index in [9.17, 15) is 24.6 Å². The van der Waals surface area contributed by atoms with Gasteiger partial charge in [0.25, 0.3) is 0 Å². The molecule has 0 aliphatic heterocycles. The number of alkyl carbamates (subject to hydrolysis) is 1. The summed E-state index contributed by atoms with van der Waals surface area (Å²) in [7, 11) is 0. The van der Waals surface area contributed by atoms with E-state index in [-0.39, 0.29) is 31.9 Å². The Morgan fingerprint density at radius 1 is 1.18 bits per heavy atom. The number of carboxylic acids is 2. The molecule has 0 spiro atoms. The van der Waals surface area contributed by atoms with Gasteiger partial charge in [-0.1, -0.05) is 6.07 Å². The van der Waals surface area contributed by atoms with Crippen LogP contribution in [0.2, 0.25) is 0 Å². The van der Waals surface area contributed by atoms with Gasteiger partial charge in [0, 0.05) is 12.3 Å². The van der Waals surface area contributed by atoms with Gasteiger partial charge < -0.3 is 30.1 Å². The van der Waals surface area contributed by atoms with Crippen molar-refractivity contribution in [1.82, 2.24) is 10.3 Å². The van der Waals surface area contributed by atoms with Crippen LogP contribution in [0.25, 0.3) is 0 Å². The first-order valence-corrected chi connectivity index (χ1v) is 8.65. The Labute approximate surface area is 162 Å². The third kappa shape index (κ3) is 8.67. The Bertz CT molecular complexity index is 669. The fraction of sp³-hybridized carbons (Fsp3) is 0.556. The number of amides is 1. The van der Waals surface area contributed by atoms with Gasteiger partial charge in [0.1, 0.15) is 18.2 Å². The molecule has 2 atom stereocenters. The van der Waals surface area contributed by atoms with Crippen LogP contribution in [0.4, 0.5) is 4.79 Å². The van der Waals surface area contributed by atoms with Crippen molar-refractivity contribution in [1.29, 1.82) is 0 Å². The van der Waals surface area contributed by atoms with Crippen molar-refractivity contribution in [3.8, 4) is 5.88 Å². The average Bonchev–Trinajstić information content (AvgIpc) is 2.57. The van der Waals surface area contributed by atoms with Crippen molar-refractivity contribution in [2.45, 2.75) is 45.3 Å². The number of hydrogen-bond donors (Lipinski definition) is 4. The van der Waals surface area contributed by atoms with Crippen molar-refractivity contribution in [2.24, 2.45) is 5.92 Å². The normalized spacial score (nSPS) is 13.3. The summed E-state index contributed by atoms with van der Waals surface area (Å²) in [6, 6.07) is 1.71. The zero-order valence-corrected chi connectivity index (χ0v) is 16.0. The predicted octanol–water partition coefficient (Wildman–Crippen LogP) is 1.06.